The van der Waals surface area contributed by atoms with E-state index in [0.29, 0.717) is 35.2 Å². The number of rotatable bonds is 3. The monoisotopic (exact) mass is 311 g/mol. The molecule has 6 heteroatoms. The number of carbonyl (C=O) groups excluding carboxylic acids is 1. The summed E-state index contributed by atoms with van der Waals surface area (Å²) in [5.41, 5.74) is 0.386. The lowest BCUT2D eigenvalue weighted by Crippen LogP contribution is -2.49. The van der Waals surface area contributed by atoms with Crippen molar-refractivity contribution in [1.82, 2.24) is 4.90 Å². The van der Waals surface area contributed by atoms with E-state index in [1.54, 1.807) is 18.2 Å². The number of carboxylic acid groups (broad SMARTS) is 1. The number of nitrogens with zero attached hydrogens (tertiary/aromatic N) is 1. The molecule has 1 aromatic carbocycles. The molecule has 0 radical (unpaired) electrons. The van der Waals surface area contributed by atoms with Crippen LogP contribution in [0.25, 0.3) is 0 Å². The van der Waals surface area contributed by atoms with E-state index in [1.807, 2.05) is 6.92 Å². The van der Waals surface area contributed by atoms with Crippen LogP contribution in [0, 0.1) is 5.92 Å². The Bertz CT molecular complexity index is 561. The van der Waals surface area contributed by atoms with Crippen LogP contribution in [0.2, 0.25) is 5.02 Å². The summed E-state index contributed by atoms with van der Waals surface area (Å²) in [6.07, 6.45) is 1.28. The number of hydrogen-bond donors (Lipinski definition) is 1. The molecule has 1 aliphatic rings. The van der Waals surface area contributed by atoms with Gasteiger partial charge in [-0.25, -0.2) is 4.79 Å². The highest BCUT2D eigenvalue weighted by molar-refractivity contribution is 6.32. The SMILES string of the molecule is COc1cc(C(=O)N2CCC(C)CC2C(=O)O)ccc1Cl. The molecule has 1 aromatic rings. The molecule has 2 atom stereocenters. The van der Waals surface area contributed by atoms with Gasteiger partial charge in [-0.15, -0.1) is 0 Å². The quantitative estimate of drug-likeness (QED) is 0.932. The molecule has 1 saturated heterocycles. The number of carboxylic acids is 1. The van der Waals surface area contributed by atoms with E-state index in [0.717, 1.165) is 6.42 Å². The number of aliphatic carboxylic acids is 1. The molecule has 5 nitrogen and oxygen atoms in total. The molecule has 0 saturated carbocycles. The lowest BCUT2D eigenvalue weighted by Gasteiger charge is -2.36. The summed E-state index contributed by atoms with van der Waals surface area (Å²) in [5, 5.41) is 9.74. The molecule has 0 bridgehead atoms. The fourth-order valence-electron chi connectivity index (χ4n) is 2.58. The van der Waals surface area contributed by atoms with Crippen LogP contribution in [0.15, 0.2) is 18.2 Å². The Balaban J connectivity index is 2.27. The van der Waals surface area contributed by atoms with Gasteiger partial charge in [0.05, 0.1) is 12.1 Å². The zero-order valence-corrected chi connectivity index (χ0v) is 12.8. The van der Waals surface area contributed by atoms with Gasteiger partial charge in [-0.1, -0.05) is 18.5 Å². The van der Waals surface area contributed by atoms with Gasteiger partial charge in [0.15, 0.2) is 0 Å². The fraction of sp³-hybridized carbons (Fsp3) is 0.467. The minimum Gasteiger partial charge on any atom is -0.495 e. The van der Waals surface area contributed by atoms with Crippen molar-refractivity contribution in [3.05, 3.63) is 28.8 Å². The van der Waals surface area contributed by atoms with Gasteiger partial charge in [0.1, 0.15) is 11.8 Å². The summed E-state index contributed by atoms with van der Waals surface area (Å²) in [5.74, 6) is -0.560. The third-order valence-electron chi connectivity index (χ3n) is 3.81. The molecule has 2 rings (SSSR count). The highest BCUT2D eigenvalue weighted by Crippen LogP contribution is 2.28. The van der Waals surface area contributed by atoms with E-state index in [9.17, 15) is 14.7 Å². The Labute approximate surface area is 128 Å². The van der Waals surface area contributed by atoms with E-state index >= 15 is 0 Å². The van der Waals surface area contributed by atoms with Crippen molar-refractivity contribution in [2.45, 2.75) is 25.8 Å². The minimum atomic E-state index is -0.962. The second-order valence-electron chi connectivity index (χ2n) is 5.33. The topological polar surface area (TPSA) is 66.8 Å². The van der Waals surface area contributed by atoms with E-state index < -0.39 is 12.0 Å². The number of piperidine rings is 1. The molecule has 21 heavy (non-hydrogen) atoms. The molecule has 1 aliphatic heterocycles. The Hall–Kier alpha value is -1.75. The van der Waals surface area contributed by atoms with E-state index in [4.69, 9.17) is 16.3 Å². The molecule has 1 heterocycles. The summed E-state index contributed by atoms with van der Waals surface area (Å²) in [6, 6.07) is 3.93. The molecule has 0 aromatic heterocycles. The third kappa shape index (κ3) is 3.29. The lowest BCUT2D eigenvalue weighted by atomic mass is 9.92. The van der Waals surface area contributed by atoms with Crippen LogP contribution in [-0.2, 0) is 4.79 Å². The Morgan fingerprint density at radius 1 is 1.43 bits per heavy atom. The highest BCUT2D eigenvalue weighted by Gasteiger charge is 2.35. The number of likely N-dealkylation sites (tertiary alicyclic amines) is 1. The first-order chi connectivity index (χ1) is 9.93. The van der Waals surface area contributed by atoms with Crippen molar-refractivity contribution in [3.8, 4) is 5.75 Å². The van der Waals surface area contributed by atoms with Crippen LogP contribution in [-0.4, -0.2) is 41.6 Å². The number of amides is 1. The molecule has 1 N–H and O–H groups in total. The van der Waals surface area contributed by atoms with Gasteiger partial charge in [-0.3, -0.25) is 4.79 Å². The summed E-state index contributed by atoms with van der Waals surface area (Å²) < 4.78 is 5.10. The second-order valence-corrected chi connectivity index (χ2v) is 5.74. The van der Waals surface area contributed by atoms with Crippen LogP contribution in [0.5, 0.6) is 5.75 Å². The highest BCUT2D eigenvalue weighted by atomic mass is 35.5. The Morgan fingerprint density at radius 3 is 2.76 bits per heavy atom. The Kier molecular flexibility index (Phi) is 4.73. The van der Waals surface area contributed by atoms with Gasteiger partial charge in [0.2, 0.25) is 0 Å². The van der Waals surface area contributed by atoms with Gasteiger partial charge < -0.3 is 14.7 Å². The van der Waals surface area contributed by atoms with Crippen molar-refractivity contribution in [1.29, 1.82) is 0 Å². The van der Waals surface area contributed by atoms with E-state index in [-0.39, 0.29) is 5.91 Å². The molecular weight excluding hydrogens is 294 g/mol. The van der Waals surface area contributed by atoms with Crippen molar-refractivity contribution in [2.75, 3.05) is 13.7 Å². The summed E-state index contributed by atoms with van der Waals surface area (Å²) in [6.45, 7) is 2.45. The Morgan fingerprint density at radius 2 is 2.14 bits per heavy atom. The first kappa shape index (κ1) is 15.6. The maximum atomic E-state index is 12.6. The first-order valence-corrected chi connectivity index (χ1v) is 7.19. The maximum absolute atomic E-state index is 12.6. The largest absolute Gasteiger partial charge is 0.495 e. The number of carbonyl (C=O) groups is 2. The summed E-state index contributed by atoms with van der Waals surface area (Å²) in [7, 11) is 1.47. The average Bonchev–Trinajstić information content (AvgIpc) is 2.47. The smallest absolute Gasteiger partial charge is 0.326 e. The number of halogens is 1. The summed E-state index contributed by atoms with van der Waals surface area (Å²) in [4.78, 5) is 25.4. The fourth-order valence-corrected chi connectivity index (χ4v) is 2.77. The third-order valence-corrected chi connectivity index (χ3v) is 4.12. The van der Waals surface area contributed by atoms with Crippen LogP contribution < -0.4 is 4.74 Å². The molecule has 0 aliphatic carbocycles. The van der Waals surface area contributed by atoms with Gasteiger partial charge >= 0.3 is 5.97 Å². The van der Waals surface area contributed by atoms with Gasteiger partial charge in [0, 0.05) is 12.1 Å². The van der Waals surface area contributed by atoms with Crippen molar-refractivity contribution in [2.24, 2.45) is 5.92 Å². The minimum absolute atomic E-state index is 0.301. The van der Waals surface area contributed by atoms with Crippen molar-refractivity contribution >= 4 is 23.5 Å². The number of ether oxygens (including phenoxy) is 1. The van der Waals surface area contributed by atoms with Crippen LogP contribution >= 0.6 is 11.6 Å². The van der Waals surface area contributed by atoms with Gasteiger partial charge in [-0.05, 0) is 37.0 Å². The van der Waals surface area contributed by atoms with E-state index in [1.165, 1.54) is 12.0 Å². The van der Waals surface area contributed by atoms with Crippen LogP contribution in [0.3, 0.4) is 0 Å². The molecule has 1 amide bonds. The standard InChI is InChI=1S/C15H18ClNO4/c1-9-5-6-17(12(7-9)15(19)20)14(18)10-3-4-11(16)13(8-10)21-2/h3-4,8-9,12H,5-7H2,1-2H3,(H,19,20). The zero-order chi connectivity index (χ0) is 15.6. The number of benzene rings is 1. The zero-order valence-electron chi connectivity index (χ0n) is 12.0. The van der Waals surface area contributed by atoms with Gasteiger partial charge in [-0.2, -0.15) is 0 Å². The molecule has 0 spiro atoms. The predicted octanol–water partition coefficient (Wildman–Crippen LogP) is 2.67. The van der Waals surface area contributed by atoms with Crippen molar-refractivity contribution in [3.63, 3.8) is 0 Å². The average molecular weight is 312 g/mol. The molecular formula is C15H18ClNO4. The van der Waals surface area contributed by atoms with Crippen LogP contribution in [0.4, 0.5) is 0 Å². The van der Waals surface area contributed by atoms with Crippen LogP contribution in [0.1, 0.15) is 30.1 Å². The first-order valence-electron chi connectivity index (χ1n) is 6.81. The number of methoxy groups -OCH3 is 1. The predicted molar refractivity (Wildman–Crippen MR) is 78.9 cm³/mol. The molecule has 2 unspecified atom stereocenters. The molecule has 114 valence electrons. The number of hydrogen-bond acceptors (Lipinski definition) is 3. The lowest BCUT2D eigenvalue weighted by molar-refractivity contribution is -0.144. The van der Waals surface area contributed by atoms with Gasteiger partial charge in [0.25, 0.3) is 5.91 Å². The molecule has 1 fully saturated rings. The van der Waals surface area contributed by atoms with E-state index in [2.05, 4.69) is 0 Å². The normalized spacial score (nSPS) is 22.0. The van der Waals surface area contributed by atoms with Crippen molar-refractivity contribution < 1.29 is 19.4 Å². The maximum Gasteiger partial charge on any atom is 0.326 e. The summed E-state index contributed by atoms with van der Waals surface area (Å²) >= 11 is 5.94. The second kappa shape index (κ2) is 6.35.